The summed E-state index contributed by atoms with van der Waals surface area (Å²) in [6.45, 7) is 6.28. The van der Waals surface area contributed by atoms with E-state index in [4.69, 9.17) is 0 Å². The minimum absolute atomic E-state index is 0.0755. The van der Waals surface area contributed by atoms with E-state index >= 15 is 0 Å². The Bertz CT molecular complexity index is 976. The Kier molecular flexibility index (Phi) is 6.67. The molecule has 0 bridgehead atoms. The van der Waals surface area contributed by atoms with E-state index < -0.39 is 0 Å². The zero-order valence-corrected chi connectivity index (χ0v) is 17.6. The third-order valence-electron chi connectivity index (χ3n) is 4.32. The molecule has 3 rings (SSSR count). The summed E-state index contributed by atoms with van der Waals surface area (Å²) >= 11 is 1.44. The molecule has 0 saturated carbocycles. The van der Waals surface area contributed by atoms with Gasteiger partial charge in [0.05, 0.1) is 4.88 Å². The summed E-state index contributed by atoms with van der Waals surface area (Å²) in [7, 11) is 0. The molecular formula is C23H25N3O2S. The maximum atomic E-state index is 12.7. The molecule has 0 aliphatic carbocycles. The first-order chi connectivity index (χ1) is 13.9. The lowest BCUT2D eigenvalue weighted by molar-refractivity contribution is 0.0955. The quantitative estimate of drug-likeness (QED) is 0.527. The number of nitrogens with one attached hydrogen (secondary N) is 3. The van der Waals surface area contributed by atoms with Crippen LogP contribution in [0, 0.1) is 6.92 Å². The highest BCUT2D eigenvalue weighted by Crippen LogP contribution is 2.28. The van der Waals surface area contributed by atoms with E-state index in [-0.39, 0.29) is 18.0 Å². The molecule has 3 amide bonds. The largest absolute Gasteiger partial charge is 0.347 e. The number of urea groups is 1. The van der Waals surface area contributed by atoms with Gasteiger partial charge in [0.15, 0.2) is 0 Å². The lowest BCUT2D eigenvalue weighted by atomic mass is 10.0. The molecule has 1 heterocycles. The van der Waals surface area contributed by atoms with E-state index in [2.05, 4.69) is 16.0 Å². The number of hydrogen-bond acceptors (Lipinski definition) is 3. The normalized spacial score (nSPS) is 10.6. The average Bonchev–Trinajstić information content (AvgIpc) is 3.17. The van der Waals surface area contributed by atoms with Crippen molar-refractivity contribution >= 4 is 29.0 Å². The van der Waals surface area contributed by atoms with Gasteiger partial charge in [-0.1, -0.05) is 42.0 Å². The van der Waals surface area contributed by atoms with Gasteiger partial charge in [-0.3, -0.25) is 4.79 Å². The number of aryl methyl sites for hydroxylation is 1. The minimum Gasteiger partial charge on any atom is -0.347 e. The molecule has 2 aromatic carbocycles. The number of benzene rings is 2. The summed E-state index contributed by atoms with van der Waals surface area (Å²) in [6.07, 6.45) is 0. The molecule has 0 fully saturated rings. The van der Waals surface area contributed by atoms with E-state index in [0.717, 1.165) is 16.7 Å². The summed E-state index contributed by atoms with van der Waals surface area (Å²) in [6, 6.07) is 17.4. The highest BCUT2D eigenvalue weighted by molar-refractivity contribution is 7.12. The SMILES string of the molecule is Cc1ccc(-c2ccsc2C(=O)NCc2ccc(NC(=O)NC(C)C)cc2)cc1. The van der Waals surface area contributed by atoms with E-state index in [0.29, 0.717) is 17.1 Å². The fraction of sp³-hybridized carbons (Fsp3) is 0.217. The fourth-order valence-corrected chi connectivity index (χ4v) is 3.68. The van der Waals surface area contributed by atoms with Crippen LogP contribution in [-0.4, -0.2) is 18.0 Å². The molecule has 150 valence electrons. The number of amides is 3. The summed E-state index contributed by atoms with van der Waals surface area (Å²) in [5, 5.41) is 10.5. The van der Waals surface area contributed by atoms with E-state index in [1.807, 2.05) is 80.7 Å². The molecule has 0 saturated heterocycles. The number of thiophene rings is 1. The van der Waals surface area contributed by atoms with Crippen molar-refractivity contribution in [3.8, 4) is 11.1 Å². The molecule has 3 N–H and O–H groups in total. The second kappa shape index (κ2) is 9.39. The maximum absolute atomic E-state index is 12.7. The molecule has 0 aliphatic rings. The third-order valence-corrected chi connectivity index (χ3v) is 5.23. The van der Waals surface area contributed by atoms with Gasteiger partial charge in [-0.2, -0.15) is 0 Å². The van der Waals surface area contributed by atoms with Crippen molar-refractivity contribution in [3.63, 3.8) is 0 Å². The van der Waals surface area contributed by atoms with Crippen LogP contribution in [-0.2, 0) is 6.54 Å². The second-order valence-electron chi connectivity index (χ2n) is 7.16. The Labute approximate surface area is 175 Å². The Morgan fingerprint density at radius 2 is 1.66 bits per heavy atom. The Morgan fingerprint density at radius 1 is 0.966 bits per heavy atom. The van der Waals surface area contributed by atoms with Gasteiger partial charge in [-0.05, 0) is 55.5 Å². The van der Waals surface area contributed by atoms with Crippen LogP contribution in [0.4, 0.5) is 10.5 Å². The van der Waals surface area contributed by atoms with Gasteiger partial charge in [0.2, 0.25) is 0 Å². The van der Waals surface area contributed by atoms with E-state index in [1.165, 1.54) is 16.9 Å². The molecule has 3 aromatic rings. The molecule has 1 aromatic heterocycles. The van der Waals surface area contributed by atoms with Crippen LogP contribution in [0.2, 0.25) is 0 Å². The fourth-order valence-electron chi connectivity index (χ4n) is 2.84. The maximum Gasteiger partial charge on any atom is 0.319 e. The zero-order chi connectivity index (χ0) is 20.8. The molecule has 5 nitrogen and oxygen atoms in total. The van der Waals surface area contributed by atoms with Gasteiger partial charge in [-0.25, -0.2) is 4.79 Å². The predicted octanol–water partition coefficient (Wildman–Crippen LogP) is 5.18. The lowest BCUT2D eigenvalue weighted by Crippen LogP contribution is -2.34. The highest BCUT2D eigenvalue weighted by atomic mass is 32.1. The standard InChI is InChI=1S/C23H25N3O2S/c1-15(2)25-23(28)26-19-10-6-17(7-11-19)14-24-22(27)21-20(12-13-29-21)18-8-4-16(3)5-9-18/h4-13,15H,14H2,1-3H3,(H,24,27)(H2,25,26,28). The molecule has 0 atom stereocenters. The molecule has 0 radical (unpaired) electrons. The minimum atomic E-state index is -0.234. The lowest BCUT2D eigenvalue weighted by Gasteiger charge is -2.11. The van der Waals surface area contributed by atoms with Crippen molar-refractivity contribution in [2.45, 2.75) is 33.4 Å². The summed E-state index contributed by atoms with van der Waals surface area (Å²) in [5.74, 6) is -0.0888. The van der Waals surface area contributed by atoms with Gasteiger partial charge < -0.3 is 16.0 Å². The molecule has 0 aliphatic heterocycles. The zero-order valence-electron chi connectivity index (χ0n) is 16.8. The van der Waals surface area contributed by atoms with Crippen molar-refractivity contribution in [2.24, 2.45) is 0 Å². The van der Waals surface area contributed by atoms with Crippen molar-refractivity contribution in [3.05, 3.63) is 76.0 Å². The van der Waals surface area contributed by atoms with Crippen LogP contribution < -0.4 is 16.0 Å². The molecule has 0 spiro atoms. The topological polar surface area (TPSA) is 70.2 Å². The molecular weight excluding hydrogens is 382 g/mol. The number of rotatable bonds is 6. The average molecular weight is 408 g/mol. The van der Waals surface area contributed by atoms with Gasteiger partial charge in [-0.15, -0.1) is 11.3 Å². The predicted molar refractivity (Wildman–Crippen MR) is 119 cm³/mol. The van der Waals surface area contributed by atoms with E-state index in [1.54, 1.807) is 0 Å². The monoisotopic (exact) mass is 407 g/mol. The van der Waals surface area contributed by atoms with Gasteiger partial charge in [0, 0.05) is 23.8 Å². The van der Waals surface area contributed by atoms with Gasteiger partial charge >= 0.3 is 6.03 Å². The highest BCUT2D eigenvalue weighted by Gasteiger charge is 2.14. The number of hydrogen-bond donors (Lipinski definition) is 3. The van der Waals surface area contributed by atoms with Crippen molar-refractivity contribution in [1.82, 2.24) is 10.6 Å². The first-order valence-corrected chi connectivity index (χ1v) is 10.4. The Balaban J connectivity index is 1.59. The Morgan fingerprint density at radius 3 is 2.31 bits per heavy atom. The number of anilines is 1. The Hall–Kier alpha value is -3.12. The molecule has 29 heavy (non-hydrogen) atoms. The number of carbonyl (C=O) groups is 2. The summed E-state index contributed by atoms with van der Waals surface area (Å²) < 4.78 is 0. The van der Waals surface area contributed by atoms with Crippen molar-refractivity contribution in [1.29, 1.82) is 0 Å². The smallest absolute Gasteiger partial charge is 0.319 e. The van der Waals surface area contributed by atoms with Crippen LogP contribution in [0.5, 0.6) is 0 Å². The molecule has 0 unspecified atom stereocenters. The molecule has 6 heteroatoms. The van der Waals surface area contributed by atoms with Crippen LogP contribution in [0.15, 0.2) is 60.0 Å². The van der Waals surface area contributed by atoms with Crippen LogP contribution >= 0.6 is 11.3 Å². The van der Waals surface area contributed by atoms with Crippen molar-refractivity contribution < 1.29 is 9.59 Å². The van der Waals surface area contributed by atoms with Gasteiger partial charge in [0.1, 0.15) is 0 Å². The first kappa shape index (κ1) is 20.6. The van der Waals surface area contributed by atoms with Gasteiger partial charge in [0.25, 0.3) is 5.91 Å². The number of carbonyl (C=O) groups excluding carboxylic acids is 2. The summed E-state index contributed by atoms with van der Waals surface area (Å²) in [4.78, 5) is 25.1. The second-order valence-corrected chi connectivity index (χ2v) is 8.08. The first-order valence-electron chi connectivity index (χ1n) is 9.51. The van der Waals surface area contributed by atoms with Crippen LogP contribution in [0.25, 0.3) is 11.1 Å². The third kappa shape index (κ3) is 5.68. The van der Waals surface area contributed by atoms with Crippen LogP contribution in [0.3, 0.4) is 0 Å². The summed E-state index contributed by atoms with van der Waals surface area (Å²) in [5.41, 5.74) is 4.84. The van der Waals surface area contributed by atoms with E-state index in [9.17, 15) is 9.59 Å². The van der Waals surface area contributed by atoms with Crippen molar-refractivity contribution in [2.75, 3.05) is 5.32 Å². The van der Waals surface area contributed by atoms with Crippen LogP contribution in [0.1, 0.15) is 34.6 Å².